The zero-order valence-corrected chi connectivity index (χ0v) is 14.2. The van der Waals surface area contributed by atoms with Crippen molar-refractivity contribution in [2.75, 3.05) is 0 Å². The smallest absolute Gasteiger partial charge is 0.123 e. The van der Waals surface area contributed by atoms with Crippen molar-refractivity contribution in [2.45, 2.75) is 40.0 Å². The molecule has 0 amide bonds. The van der Waals surface area contributed by atoms with E-state index in [-0.39, 0.29) is 11.8 Å². The van der Waals surface area contributed by atoms with Gasteiger partial charge in [0.1, 0.15) is 10.4 Å². The van der Waals surface area contributed by atoms with Crippen LogP contribution >= 0.6 is 11.3 Å². The lowest BCUT2D eigenvalue weighted by atomic mass is 9.68. The summed E-state index contributed by atoms with van der Waals surface area (Å²) in [6, 6.07) is 10.8. The van der Waals surface area contributed by atoms with E-state index in [0.29, 0.717) is 0 Å². The second kappa shape index (κ2) is 5.99. The van der Waals surface area contributed by atoms with Gasteiger partial charge in [0.15, 0.2) is 0 Å². The minimum Gasteiger partial charge on any atom is -0.239 e. The molecule has 0 aliphatic rings. The van der Waals surface area contributed by atoms with Crippen molar-refractivity contribution in [1.82, 2.24) is 4.98 Å². The van der Waals surface area contributed by atoms with Gasteiger partial charge in [-0.05, 0) is 24.3 Å². The van der Waals surface area contributed by atoms with Gasteiger partial charge < -0.3 is 0 Å². The minimum absolute atomic E-state index is 0.231. The van der Waals surface area contributed by atoms with Crippen molar-refractivity contribution < 1.29 is 0 Å². The second-order valence-corrected chi connectivity index (χ2v) is 7.00. The SMILES string of the molecule is Cc1ccccc1-c1nc(C(C#N)(C(C)C)C(C)C)cs1. The molecule has 0 radical (unpaired) electrons. The van der Waals surface area contributed by atoms with Gasteiger partial charge in [-0.25, -0.2) is 4.98 Å². The first kappa shape index (κ1) is 15.7. The largest absolute Gasteiger partial charge is 0.239 e. The molecule has 110 valence electrons. The Morgan fingerprint density at radius 3 is 2.29 bits per heavy atom. The Labute approximate surface area is 131 Å². The molecule has 2 aromatic rings. The van der Waals surface area contributed by atoms with E-state index in [9.17, 15) is 5.26 Å². The van der Waals surface area contributed by atoms with Gasteiger partial charge in [-0.2, -0.15) is 5.26 Å². The summed E-state index contributed by atoms with van der Waals surface area (Å²) < 4.78 is 0. The van der Waals surface area contributed by atoms with Crippen molar-refractivity contribution >= 4 is 11.3 Å². The van der Waals surface area contributed by atoms with E-state index >= 15 is 0 Å². The Morgan fingerprint density at radius 1 is 1.14 bits per heavy atom. The Bertz CT molecular complexity index is 654. The van der Waals surface area contributed by atoms with Gasteiger partial charge in [-0.15, -0.1) is 11.3 Å². The van der Waals surface area contributed by atoms with E-state index in [1.165, 1.54) is 5.56 Å². The topological polar surface area (TPSA) is 36.7 Å². The van der Waals surface area contributed by atoms with Crippen LogP contribution in [0, 0.1) is 30.1 Å². The standard InChI is InChI=1S/C18H22N2S/c1-12(2)18(11-19,13(3)4)16-10-21-17(20-16)15-9-7-6-8-14(15)5/h6-10,12-13H,1-5H3. The number of nitrogens with zero attached hydrogens (tertiary/aromatic N) is 2. The van der Waals surface area contributed by atoms with Crippen molar-refractivity contribution in [1.29, 1.82) is 5.26 Å². The monoisotopic (exact) mass is 298 g/mol. The van der Waals surface area contributed by atoms with Crippen LogP contribution in [0.2, 0.25) is 0 Å². The molecule has 0 spiro atoms. The highest BCUT2D eigenvalue weighted by Crippen LogP contribution is 2.41. The number of rotatable bonds is 4. The Hall–Kier alpha value is -1.66. The third kappa shape index (κ3) is 2.61. The van der Waals surface area contributed by atoms with E-state index < -0.39 is 5.41 Å². The van der Waals surface area contributed by atoms with Gasteiger partial charge in [0, 0.05) is 10.9 Å². The highest BCUT2D eigenvalue weighted by molar-refractivity contribution is 7.13. The number of nitriles is 1. The number of hydrogen-bond donors (Lipinski definition) is 0. The fourth-order valence-corrected chi connectivity index (χ4v) is 3.95. The summed E-state index contributed by atoms with van der Waals surface area (Å²) in [6.07, 6.45) is 0. The van der Waals surface area contributed by atoms with Crippen molar-refractivity contribution in [3.63, 3.8) is 0 Å². The molecular weight excluding hydrogens is 276 g/mol. The molecule has 0 aliphatic heterocycles. The lowest BCUT2D eigenvalue weighted by molar-refractivity contribution is 0.289. The van der Waals surface area contributed by atoms with Crippen LogP contribution in [0.1, 0.15) is 39.0 Å². The molecule has 0 unspecified atom stereocenters. The summed E-state index contributed by atoms with van der Waals surface area (Å²) in [5.74, 6) is 0.462. The Balaban J connectivity index is 2.53. The maximum Gasteiger partial charge on any atom is 0.123 e. The fraction of sp³-hybridized carbons (Fsp3) is 0.444. The molecule has 0 aliphatic carbocycles. The van der Waals surface area contributed by atoms with Gasteiger partial charge in [0.2, 0.25) is 0 Å². The molecule has 2 nitrogen and oxygen atoms in total. The van der Waals surface area contributed by atoms with Crippen LogP contribution in [0.5, 0.6) is 0 Å². The maximum atomic E-state index is 9.82. The lowest BCUT2D eigenvalue weighted by Crippen LogP contribution is -2.36. The van der Waals surface area contributed by atoms with Crippen LogP contribution in [0.25, 0.3) is 10.6 Å². The third-order valence-electron chi connectivity index (χ3n) is 4.31. The molecule has 21 heavy (non-hydrogen) atoms. The first-order valence-corrected chi connectivity index (χ1v) is 8.24. The molecule has 0 saturated heterocycles. The summed E-state index contributed by atoms with van der Waals surface area (Å²) in [5, 5.41) is 12.9. The molecule has 0 saturated carbocycles. The van der Waals surface area contributed by atoms with Crippen molar-refractivity contribution in [2.24, 2.45) is 11.8 Å². The first-order chi connectivity index (χ1) is 9.93. The highest BCUT2D eigenvalue weighted by Gasteiger charge is 2.41. The predicted molar refractivity (Wildman–Crippen MR) is 89.3 cm³/mol. The van der Waals surface area contributed by atoms with E-state index in [2.05, 4.69) is 58.2 Å². The summed E-state index contributed by atoms with van der Waals surface area (Å²) in [4.78, 5) is 4.82. The third-order valence-corrected chi connectivity index (χ3v) is 5.19. The average Bonchev–Trinajstić information content (AvgIpc) is 2.89. The van der Waals surface area contributed by atoms with E-state index in [1.54, 1.807) is 11.3 Å². The molecule has 0 atom stereocenters. The van der Waals surface area contributed by atoms with Crippen LogP contribution in [0.3, 0.4) is 0 Å². The first-order valence-electron chi connectivity index (χ1n) is 7.36. The molecule has 3 heteroatoms. The Kier molecular flexibility index (Phi) is 4.49. The van der Waals surface area contributed by atoms with E-state index in [4.69, 9.17) is 4.98 Å². The molecule has 2 rings (SSSR count). The molecular formula is C18H22N2S. The molecule has 0 N–H and O–H groups in total. The minimum atomic E-state index is -0.516. The number of hydrogen-bond acceptors (Lipinski definition) is 3. The molecule has 0 fully saturated rings. The van der Waals surface area contributed by atoms with Crippen molar-refractivity contribution in [3.8, 4) is 16.6 Å². The van der Waals surface area contributed by atoms with E-state index in [0.717, 1.165) is 16.3 Å². The van der Waals surface area contributed by atoms with Gasteiger partial charge in [0.05, 0.1) is 11.8 Å². The molecule has 1 heterocycles. The fourth-order valence-electron chi connectivity index (χ4n) is 2.97. The Morgan fingerprint density at radius 2 is 1.76 bits per heavy atom. The van der Waals surface area contributed by atoms with Crippen LogP contribution in [-0.2, 0) is 5.41 Å². The summed E-state index contributed by atoms with van der Waals surface area (Å²) in [6.45, 7) is 10.5. The average molecular weight is 298 g/mol. The highest BCUT2D eigenvalue weighted by atomic mass is 32.1. The van der Waals surface area contributed by atoms with Crippen LogP contribution in [0.4, 0.5) is 0 Å². The van der Waals surface area contributed by atoms with Crippen LogP contribution in [0.15, 0.2) is 29.6 Å². The van der Waals surface area contributed by atoms with Crippen LogP contribution in [-0.4, -0.2) is 4.98 Å². The van der Waals surface area contributed by atoms with Crippen LogP contribution < -0.4 is 0 Å². The van der Waals surface area contributed by atoms with Gasteiger partial charge in [-0.1, -0.05) is 52.0 Å². The van der Waals surface area contributed by atoms with Gasteiger partial charge in [-0.3, -0.25) is 0 Å². The number of thiazole rings is 1. The number of benzene rings is 1. The zero-order chi connectivity index (χ0) is 15.6. The molecule has 0 bridgehead atoms. The quantitative estimate of drug-likeness (QED) is 0.778. The van der Waals surface area contributed by atoms with Gasteiger partial charge >= 0.3 is 0 Å². The van der Waals surface area contributed by atoms with Gasteiger partial charge in [0.25, 0.3) is 0 Å². The molecule has 1 aromatic carbocycles. The zero-order valence-electron chi connectivity index (χ0n) is 13.3. The van der Waals surface area contributed by atoms with E-state index in [1.807, 2.05) is 12.1 Å². The van der Waals surface area contributed by atoms with Crippen molar-refractivity contribution in [3.05, 3.63) is 40.9 Å². The predicted octanol–water partition coefficient (Wildman–Crippen LogP) is 5.19. The second-order valence-electron chi connectivity index (χ2n) is 6.14. The lowest BCUT2D eigenvalue weighted by Gasteiger charge is -2.33. The number of aromatic nitrogens is 1. The summed E-state index contributed by atoms with van der Waals surface area (Å²) in [5.41, 5.74) is 2.78. The molecule has 1 aromatic heterocycles. The number of aryl methyl sites for hydroxylation is 1. The summed E-state index contributed by atoms with van der Waals surface area (Å²) >= 11 is 1.63. The summed E-state index contributed by atoms with van der Waals surface area (Å²) in [7, 11) is 0. The maximum absolute atomic E-state index is 9.82. The normalized spacial score (nSPS) is 11.9.